The minimum absolute atomic E-state index is 0.239. The summed E-state index contributed by atoms with van der Waals surface area (Å²) in [6.07, 6.45) is 2.26. The molecular formula is C17H20. The van der Waals surface area contributed by atoms with E-state index in [0.29, 0.717) is 0 Å². The van der Waals surface area contributed by atoms with Gasteiger partial charge in [-0.3, -0.25) is 0 Å². The summed E-state index contributed by atoms with van der Waals surface area (Å²) in [5.41, 5.74) is 3.09. The van der Waals surface area contributed by atoms with Crippen LogP contribution in [0.4, 0.5) is 0 Å². The van der Waals surface area contributed by atoms with E-state index in [4.69, 9.17) is 0 Å². The Balaban J connectivity index is 2.27. The summed E-state index contributed by atoms with van der Waals surface area (Å²) < 4.78 is 0. The monoisotopic (exact) mass is 224 g/mol. The summed E-state index contributed by atoms with van der Waals surface area (Å²) >= 11 is 0. The van der Waals surface area contributed by atoms with Crippen LogP contribution in [0.2, 0.25) is 0 Å². The van der Waals surface area contributed by atoms with Crippen molar-refractivity contribution in [1.82, 2.24) is 0 Å². The Morgan fingerprint density at radius 1 is 0.824 bits per heavy atom. The van der Waals surface area contributed by atoms with Gasteiger partial charge in [0.25, 0.3) is 0 Å². The van der Waals surface area contributed by atoms with Crippen LogP contribution >= 0.6 is 0 Å². The van der Waals surface area contributed by atoms with Gasteiger partial charge in [-0.05, 0) is 29.4 Å². The highest BCUT2D eigenvalue weighted by Gasteiger charge is 2.24. The SMILES string of the molecule is CC[C@@](C)(Cc1ccccc1)c1ccccc1. The standard InChI is InChI=1S/C17H20/c1-3-17(2,16-12-8-5-9-13-16)14-15-10-6-4-7-11-15/h4-13H,3,14H2,1-2H3/t17-/m0/s1. The second kappa shape index (κ2) is 5.18. The molecule has 2 aromatic carbocycles. The zero-order valence-corrected chi connectivity index (χ0v) is 10.7. The average Bonchev–Trinajstić information content (AvgIpc) is 2.41. The first-order valence-corrected chi connectivity index (χ1v) is 6.34. The third kappa shape index (κ3) is 2.76. The maximum Gasteiger partial charge on any atom is -0.00375 e. The van der Waals surface area contributed by atoms with E-state index in [-0.39, 0.29) is 5.41 Å². The van der Waals surface area contributed by atoms with Crippen molar-refractivity contribution in [2.45, 2.75) is 32.1 Å². The van der Waals surface area contributed by atoms with Crippen molar-refractivity contribution >= 4 is 0 Å². The molecule has 0 N–H and O–H groups in total. The van der Waals surface area contributed by atoms with E-state index in [2.05, 4.69) is 74.5 Å². The second-order valence-electron chi connectivity index (χ2n) is 4.94. The lowest BCUT2D eigenvalue weighted by Gasteiger charge is -2.29. The smallest absolute Gasteiger partial charge is 0.00375 e. The molecule has 0 radical (unpaired) electrons. The molecule has 0 fully saturated rings. The molecule has 0 saturated carbocycles. The molecule has 0 aliphatic rings. The Hall–Kier alpha value is -1.56. The summed E-state index contributed by atoms with van der Waals surface area (Å²) in [6, 6.07) is 21.6. The molecule has 0 aromatic heterocycles. The Morgan fingerprint density at radius 2 is 1.35 bits per heavy atom. The second-order valence-corrected chi connectivity index (χ2v) is 4.94. The molecule has 2 aromatic rings. The fourth-order valence-corrected chi connectivity index (χ4v) is 2.32. The Morgan fingerprint density at radius 3 is 1.88 bits per heavy atom. The lowest BCUT2D eigenvalue weighted by atomic mass is 9.75. The van der Waals surface area contributed by atoms with Gasteiger partial charge in [-0.15, -0.1) is 0 Å². The van der Waals surface area contributed by atoms with Gasteiger partial charge in [0.2, 0.25) is 0 Å². The molecule has 0 nitrogen and oxygen atoms in total. The van der Waals surface area contributed by atoms with Crippen molar-refractivity contribution < 1.29 is 0 Å². The fraction of sp³-hybridized carbons (Fsp3) is 0.294. The van der Waals surface area contributed by atoms with Crippen molar-refractivity contribution in [3.8, 4) is 0 Å². The lowest BCUT2D eigenvalue weighted by molar-refractivity contribution is 0.452. The van der Waals surface area contributed by atoms with E-state index in [1.165, 1.54) is 11.1 Å². The Labute approximate surface area is 104 Å². The van der Waals surface area contributed by atoms with Crippen molar-refractivity contribution in [2.75, 3.05) is 0 Å². The van der Waals surface area contributed by atoms with E-state index in [1.807, 2.05) is 0 Å². The van der Waals surface area contributed by atoms with Crippen LogP contribution in [-0.2, 0) is 11.8 Å². The summed E-state index contributed by atoms with van der Waals surface area (Å²) in [5, 5.41) is 0. The molecule has 0 unspecified atom stereocenters. The third-order valence-corrected chi connectivity index (χ3v) is 3.69. The van der Waals surface area contributed by atoms with Crippen molar-refractivity contribution in [1.29, 1.82) is 0 Å². The van der Waals surface area contributed by atoms with Gasteiger partial charge in [-0.1, -0.05) is 74.5 Å². The van der Waals surface area contributed by atoms with Crippen LogP contribution in [0.25, 0.3) is 0 Å². The molecule has 0 bridgehead atoms. The van der Waals surface area contributed by atoms with E-state index >= 15 is 0 Å². The molecule has 0 aliphatic carbocycles. The normalized spacial score (nSPS) is 14.2. The van der Waals surface area contributed by atoms with E-state index in [9.17, 15) is 0 Å². The molecular weight excluding hydrogens is 204 g/mol. The van der Waals surface area contributed by atoms with E-state index < -0.39 is 0 Å². The van der Waals surface area contributed by atoms with Crippen molar-refractivity contribution in [3.05, 3.63) is 71.8 Å². The van der Waals surface area contributed by atoms with Gasteiger partial charge in [0.1, 0.15) is 0 Å². The van der Waals surface area contributed by atoms with Crippen LogP contribution in [0, 0.1) is 0 Å². The molecule has 0 spiro atoms. The fourth-order valence-electron chi connectivity index (χ4n) is 2.32. The van der Waals surface area contributed by atoms with Crippen LogP contribution in [0.3, 0.4) is 0 Å². The topological polar surface area (TPSA) is 0 Å². The van der Waals surface area contributed by atoms with Crippen LogP contribution in [0.15, 0.2) is 60.7 Å². The molecule has 0 heterocycles. The van der Waals surface area contributed by atoms with Crippen LogP contribution < -0.4 is 0 Å². The van der Waals surface area contributed by atoms with Crippen LogP contribution in [-0.4, -0.2) is 0 Å². The minimum Gasteiger partial charge on any atom is -0.0645 e. The molecule has 2 rings (SSSR count). The highest BCUT2D eigenvalue weighted by atomic mass is 14.3. The van der Waals surface area contributed by atoms with Crippen LogP contribution in [0.5, 0.6) is 0 Å². The molecule has 88 valence electrons. The molecule has 0 saturated heterocycles. The van der Waals surface area contributed by atoms with Gasteiger partial charge in [-0.25, -0.2) is 0 Å². The predicted molar refractivity (Wildman–Crippen MR) is 74.2 cm³/mol. The highest BCUT2D eigenvalue weighted by Crippen LogP contribution is 2.31. The Bertz CT molecular complexity index is 444. The first-order valence-electron chi connectivity index (χ1n) is 6.34. The van der Waals surface area contributed by atoms with Gasteiger partial charge in [0, 0.05) is 0 Å². The van der Waals surface area contributed by atoms with Gasteiger partial charge in [0.15, 0.2) is 0 Å². The quantitative estimate of drug-likeness (QED) is 0.712. The van der Waals surface area contributed by atoms with Crippen molar-refractivity contribution in [2.24, 2.45) is 0 Å². The molecule has 0 heteroatoms. The molecule has 17 heavy (non-hydrogen) atoms. The number of rotatable bonds is 4. The zero-order valence-electron chi connectivity index (χ0n) is 10.7. The summed E-state index contributed by atoms with van der Waals surface area (Å²) in [6.45, 7) is 4.63. The van der Waals surface area contributed by atoms with Gasteiger partial charge in [0.05, 0.1) is 0 Å². The van der Waals surface area contributed by atoms with Crippen molar-refractivity contribution in [3.63, 3.8) is 0 Å². The molecule has 1 atom stereocenters. The average molecular weight is 224 g/mol. The first kappa shape index (κ1) is 11.9. The van der Waals surface area contributed by atoms with Gasteiger partial charge in [-0.2, -0.15) is 0 Å². The minimum atomic E-state index is 0.239. The number of hydrogen-bond donors (Lipinski definition) is 0. The summed E-state index contributed by atoms with van der Waals surface area (Å²) in [5.74, 6) is 0. The molecule has 0 aliphatic heterocycles. The lowest BCUT2D eigenvalue weighted by Crippen LogP contribution is -2.23. The van der Waals surface area contributed by atoms with Gasteiger partial charge >= 0.3 is 0 Å². The summed E-state index contributed by atoms with van der Waals surface area (Å²) in [7, 11) is 0. The maximum absolute atomic E-state index is 2.36. The zero-order chi connectivity index (χ0) is 12.1. The summed E-state index contributed by atoms with van der Waals surface area (Å²) in [4.78, 5) is 0. The number of benzene rings is 2. The van der Waals surface area contributed by atoms with E-state index in [1.54, 1.807) is 0 Å². The maximum atomic E-state index is 2.36. The van der Waals surface area contributed by atoms with Gasteiger partial charge < -0.3 is 0 Å². The Kier molecular flexibility index (Phi) is 3.63. The predicted octanol–water partition coefficient (Wildman–Crippen LogP) is 4.60. The van der Waals surface area contributed by atoms with Crippen LogP contribution in [0.1, 0.15) is 31.4 Å². The molecule has 0 amide bonds. The largest absolute Gasteiger partial charge is 0.0645 e. The third-order valence-electron chi connectivity index (χ3n) is 3.69. The first-order chi connectivity index (χ1) is 8.24. The number of hydrogen-bond acceptors (Lipinski definition) is 0. The van der Waals surface area contributed by atoms with E-state index in [0.717, 1.165) is 12.8 Å². The highest BCUT2D eigenvalue weighted by molar-refractivity contribution is 5.28.